The van der Waals surface area contributed by atoms with Crippen molar-refractivity contribution in [1.82, 2.24) is 9.62 Å². The number of aliphatic carboxylic acids is 1. The number of carbonyl (C=O) groups is 2. The number of carboxylic acid groups (broad SMARTS) is 1. The van der Waals surface area contributed by atoms with Crippen LogP contribution in [0.2, 0.25) is 0 Å². The first-order chi connectivity index (χ1) is 11.3. The zero-order chi connectivity index (χ0) is 17.7. The highest BCUT2D eigenvalue weighted by atomic mass is 32.2. The minimum atomic E-state index is -3.65. The van der Waals surface area contributed by atoms with Crippen molar-refractivity contribution in [1.29, 1.82) is 0 Å². The SMILES string of the molecule is Cc1ccc(S(=O)(=O)N2CCCC2C(=O)NCCSCC(=O)O)s1. The molecule has 10 heteroatoms. The predicted octanol–water partition coefficient (Wildman–Crippen LogP) is 1.14. The monoisotopic (exact) mass is 392 g/mol. The molecule has 1 aliphatic heterocycles. The number of rotatable bonds is 8. The van der Waals surface area contributed by atoms with Gasteiger partial charge in [0.15, 0.2) is 0 Å². The van der Waals surface area contributed by atoms with E-state index in [0.717, 1.165) is 4.88 Å². The Morgan fingerprint density at radius 3 is 2.83 bits per heavy atom. The van der Waals surface area contributed by atoms with Crippen LogP contribution >= 0.6 is 23.1 Å². The number of hydrogen-bond acceptors (Lipinski definition) is 6. The van der Waals surface area contributed by atoms with E-state index in [9.17, 15) is 18.0 Å². The van der Waals surface area contributed by atoms with Gasteiger partial charge in [-0.25, -0.2) is 8.42 Å². The number of amides is 1. The molecule has 1 fully saturated rings. The molecule has 0 saturated carbocycles. The van der Waals surface area contributed by atoms with Crippen molar-refractivity contribution in [2.45, 2.75) is 30.0 Å². The molecule has 1 aliphatic rings. The van der Waals surface area contributed by atoms with Gasteiger partial charge in [-0.2, -0.15) is 4.31 Å². The lowest BCUT2D eigenvalue weighted by molar-refractivity contribution is -0.133. The van der Waals surface area contributed by atoms with E-state index >= 15 is 0 Å². The van der Waals surface area contributed by atoms with E-state index in [1.165, 1.54) is 27.4 Å². The molecular weight excluding hydrogens is 372 g/mol. The summed E-state index contributed by atoms with van der Waals surface area (Å²) in [5, 5.41) is 11.2. The first-order valence-corrected chi connectivity index (χ1v) is 10.9. The summed E-state index contributed by atoms with van der Waals surface area (Å²) in [7, 11) is -3.65. The van der Waals surface area contributed by atoms with Crippen LogP contribution in [0.4, 0.5) is 0 Å². The normalized spacial score (nSPS) is 18.6. The zero-order valence-corrected chi connectivity index (χ0v) is 15.7. The number of thiophene rings is 1. The summed E-state index contributed by atoms with van der Waals surface area (Å²) in [6.45, 7) is 2.50. The highest BCUT2D eigenvalue weighted by Gasteiger charge is 2.39. The van der Waals surface area contributed by atoms with Crippen LogP contribution in [0.25, 0.3) is 0 Å². The van der Waals surface area contributed by atoms with Crippen LogP contribution in [-0.2, 0) is 19.6 Å². The molecule has 1 amide bonds. The Hall–Kier alpha value is -1.10. The molecule has 2 rings (SSSR count). The number of carboxylic acids is 1. The molecule has 1 atom stereocenters. The second-order valence-electron chi connectivity index (χ2n) is 5.38. The van der Waals surface area contributed by atoms with Crippen LogP contribution in [0.15, 0.2) is 16.3 Å². The Bertz CT molecular complexity index is 701. The fourth-order valence-electron chi connectivity index (χ4n) is 2.48. The van der Waals surface area contributed by atoms with Crippen LogP contribution < -0.4 is 5.32 Å². The van der Waals surface area contributed by atoms with Crippen LogP contribution in [0.1, 0.15) is 17.7 Å². The van der Waals surface area contributed by atoms with Gasteiger partial charge in [0.25, 0.3) is 10.0 Å². The molecule has 1 saturated heterocycles. The highest BCUT2D eigenvalue weighted by Crippen LogP contribution is 2.30. The molecule has 0 aromatic carbocycles. The second kappa shape index (κ2) is 8.32. The Morgan fingerprint density at radius 2 is 2.21 bits per heavy atom. The molecule has 134 valence electrons. The van der Waals surface area contributed by atoms with Crippen molar-refractivity contribution in [3.05, 3.63) is 17.0 Å². The third-order valence-electron chi connectivity index (χ3n) is 3.56. The maximum Gasteiger partial charge on any atom is 0.313 e. The Balaban J connectivity index is 1.94. The lowest BCUT2D eigenvalue weighted by Gasteiger charge is -2.22. The Kier molecular flexibility index (Phi) is 6.67. The molecule has 7 nitrogen and oxygen atoms in total. The molecule has 0 bridgehead atoms. The first-order valence-electron chi connectivity index (χ1n) is 7.48. The van der Waals surface area contributed by atoms with Gasteiger partial charge in [0.05, 0.1) is 5.75 Å². The van der Waals surface area contributed by atoms with Gasteiger partial charge in [-0.1, -0.05) is 0 Å². The standard InChI is InChI=1S/C14H20N2O5S3/c1-10-4-5-13(23-10)24(20,21)16-7-2-3-11(16)14(19)15-6-8-22-9-12(17)18/h4-5,11H,2-3,6-9H2,1H3,(H,15,19)(H,17,18). The molecule has 2 heterocycles. The van der Waals surface area contributed by atoms with Crippen LogP contribution in [0.3, 0.4) is 0 Å². The van der Waals surface area contributed by atoms with Gasteiger partial charge in [-0.05, 0) is 31.9 Å². The maximum absolute atomic E-state index is 12.7. The van der Waals surface area contributed by atoms with E-state index in [0.29, 0.717) is 31.7 Å². The predicted molar refractivity (Wildman–Crippen MR) is 93.9 cm³/mol. The fraction of sp³-hybridized carbons (Fsp3) is 0.571. The number of aryl methyl sites for hydroxylation is 1. The van der Waals surface area contributed by atoms with Crippen molar-refractivity contribution in [3.63, 3.8) is 0 Å². The van der Waals surface area contributed by atoms with E-state index in [1.807, 2.05) is 6.92 Å². The summed E-state index contributed by atoms with van der Waals surface area (Å²) in [5.74, 6) is -0.759. The number of carbonyl (C=O) groups excluding carboxylic acids is 1. The molecular formula is C14H20N2O5S3. The van der Waals surface area contributed by atoms with Gasteiger partial charge in [0.1, 0.15) is 10.3 Å². The molecule has 1 unspecified atom stereocenters. The molecule has 1 aromatic heterocycles. The van der Waals surface area contributed by atoms with Gasteiger partial charge < -0.3 is 10.4 Å². The molecule has 0 radical (unpaired) electrons. The average Bonchev–Trinajstić information content (AvgIpc) is 3.15. The van der Waals surface area contributed by atoms with Crippen LogP contribution in [-0.4, -0.2) is 60.3 Å². The van der Waals surface area contributed by atoms with E-state index in [2.05, 4.69) is 5.32 Å². The van der Waals surface area contributed by atoms with Crippen LogP contribution in [0.5, 0.6) is 0 Å². The maximum atomic E-state index is 12.7. The van der Waals surface area contributed by atoms with E-state index in [1.54, 1.807) is 12.1 Å². The van der Waals surface area contributed by atoms with Crippen molar-refractivity contribution >= 4 is 45.0 Å². The van der Waals surface area contributed by atoms with Gasteiger partial charge in [-0.3, -0.25) is 9.59 Å². The number of nitrogens with zero attached hydrogens (tertiary/aromatic N) is 1. The Labute approximate surface area is 149 Å². The lowest BCUT2D eigenvalue weighted by Crippen LogP contribution is -2.46. The zero-order valence-electron chi connectivity index (χ0n) is 13.2. The number of hydrogen-bond donors (Lipinski definition) is 2. The molecule has 0 spiro atoms. The smallest absolute Gasteiger partial charge is 0.313 e. The summed E-state index contributed by atoms with van der Waals surface area (Å²) in [5.41, 5.74) is 0. The van der Waals surface area contributed by atoms with Gasteiger partial charge in [0.2, 0.25) is 5.91 Å². The summed E-state index contributed by atoms with van der Waals surface area (Å²) >= 11 is 2.41. The van der Waals surface area contributed by atoms with Crippen molar-refractivity contribution in [2.24, 2.45) is 0 Å². The lowest BCUT2D eigenvalue weighted by atomic mass is 10.2. The number of thioether (sulfide) groups is 1. The summed E-state index contributed by atoms with van der Waals surface area (Å²) in [4.78, 5) is 23.6. The van der Waals surface area contributed by atoms with Gasteiger partial charge in [0, 0.05) is 23.7 Å². The third kappa shape index (κ3) is 4.71. The summed E-state index contributed by atoms with van der Waals surface area (Å²) in [6, 6.07) is 2.63. The first kappa shape index (κ1) is 19.2. The summed E-state index contributed by atoms with van der Waals surface area (Å²) < 4.78 is 26.9. The largest absolute Gasteiger partial charge is 0.481 e. The van der Waals surface area contributed by atoms with Crippen molar-refractivity contribution in [2.75, 3.05) is 24.6 Å². The minimum absolute atomic E-state index is 0.0163. The molecule has 2 N–H and O–H groups in total. The fourth-order valence-corrected chi connectivity index (χ4v) is 6.11. The molecule has 1 aromatic rings. The van der Waals surface area contributed by atoms with Gasteiger partial charge >= 0.3 is 5.97 Å². The number of nitrogens with one attached hydrogen (secondary N) is 1. The van der Waals surface area contributed by atoms with Crippen molar-refractivity contribution in [3.8, 4) is 0 Å². The van der Waals surface area contributed by atoms with E-state index in [4.69, 9.17) is 5.11 Å². The van der Waals surface area contributed by atoms with Gasteiger partial charge in [-0.15, -0.1) is 23.1 Å². The quantitative estimate of drug-likeness (QED) is 0.643. The van der Waals surface area contributed by atoms with E-state index in [-0.39, 0.29) is 15.9 Å². The molecule has 24 heavy (non-hydrogen) atoms. The number of sulfonamides is 1. The van der Waals surface area contributed by atoms with Crippen molar-refractivity contribution < 1.29 is 23.1 Å². The third-order valence-corrected chi connectivity index (χ3v) is 7.88. The topological polar surface area (TPSA) is 104 Å². The summed E-state index contributed by atoms with van der Waals surface area (Å²) in [6.07, 6.45) is 1.15. The molecule has 0 aliphatic carbocycles. The highest BCUT2D eigenvalue weighted by molar-refractivity contribution is 7.99. The second-order valence-corrected chi connectivity index (χ2v) is 9.89. The van der Waals surface area contributed by atoms with E-state index < -0.39 is 22.0 Å². The van der Waals surface area contributed by atoms with Crippen LogP contribution in [0, 0.1) is 6.92 Å². The average molecular weight is 393 g/mol. The Morgan fingerprint density at radius 1 is 1.46 bits per heavy atom. The minimum Gasteiger partial charge on any atom is -0.481 e.